The van der Waals surface area contributed by atoms with Gasteiger partial charge >= 0.3 is 0 Å². The molecule has 19 heavy (non-hydrogen) atoms. The Morgan fingerprint density at radius 1 is 1.26 bits per heavy atom. The lowest BCUT2D eigenvalue weighted by molar-refractivity contribution is 0.415. The fraction of sp³-hybridized carbons (Fsp3) is 0.286. The van der Waals surface area contributed by atoms with Gasteiger partial charge in [-0.25, -0.2) is 9.97 Å². The van der Waals surface area contributed by atoms with Crippen LogP contribution in [-0.4, -0.2) is 24.1 Å². The molecular weight excluding hydrogens is 262 g/mol. The van der Waals surface area contributed by atoms with E-state index in [1.807, 2.05) is 49.2 Å². The first-order chi connectivity index (χ1) is 9.13. The molecule has 2 rings (SSSR count). The lowest BCUT2D eigenvalue weighted by atomic mass is 10.3. The zero-order valence-electron chi connectivity index (χ0n) is 11.2. The topological polar surface area (TPSA) is 38.2 Å². The third-order valence-corrected chi connectivity index (χ3v) is 3.05. The summed E-state index contributed by atoms with van der Waals surface area (Å²) in [5.74, 6) is 1.81. The van der Waals surface area contributed by atoms with Crippen LogP contribution in [0.15, 0.2) is 30.3 Å². The van der Waals surface area contributed by atoms with E-state index in [4.69, 9.17) is 16.3 Å². The second-order valence-electron chi connectivity index (χ2n) is 4.19. The van der Waals surface area contributed by atoms with Crippen LogP contribution in [0, 0.1) is 6.92 Å². The van der Waals surface area contributed by atoms with Crippen LogP contribution in [0.25, 0.3) is 0 Å². The molecule has 0 radical (unpaired) electrons. The Morgan fingerprint density at radius 3 is 2.74 bits per heavy atom. The molecule has 0 aliphatic heterocycles. The minimum Gasteiger partial charge on any atom is -0.497 e. The van der Waals surface area contributed by atoms with Gasteiger partial charge in [-0.15, -0.1) is 11.6 Å². The molecular formula is C14H16ClN3O. The standard InChI is InChI=1S/C14H16ClN3O/c1-10-7-11(9-15)17-14(16-10)18(2)12-5-4-6-13(8-12)19-3/h4-8H,9H2,1-3H3. The summed E-state index contributed by atoms with van der Waals surface area (Å²) >= 11 is 5.84. The van der Waals surface area contributed by atoms with E-state index < -0.39 is 0 Å². The maximum atomic E-state index is 5.84. The molecule has 5 heteroatoms. The molecule has 0 bridgehead atoms. The largest absolute Gasteiger partial charge is 0.497 e. The van der Waals surface area contributed by atoms with Crippen molar-refractivity contribution < 1.29 is 4.74 Å². The van der Waals surface area contributed by atoms with Crippen molar-refractivity contribution in [2.45, 2.75) is 12.8 Å². The maximum Gasteiger partial charge on any atom is 0.230 e. The number of methoxy groups -OCH3 is 1. The Morgan fingerprint density at radius 2 is 2.05 bits per heavy atom. The van der Waals surface area contributed by atoms with Gasteiger partial charge in [-0.2, -0.15) is 0 Å². The number of rotatable bonds is 4. The van der Waals surface area contributed by atoms with Gasteiger partial charge in [0.1, 0.15) is 5.75 Å². The molecule has 2 aromatic rings. The number of anilines is 2. The SMILES string of the molecule is COc1cccc(N(C)c2nc(C)cc(CCl)n2)c1. The molecule has 0 aliphatic rings. The lowest BCUT2D eigenvalue weighted by Crippen LogP contribution is -2.14. The zero-order valence-corrected chi connectivity index (χ0v) is 12.0. The molecule has 0 N–H and O–H groups in total. The molecule has 0 aliphatic carbocycles. The lowest BCUT2D eigenvalue weighted by Gasteiger charge is -2.18. The van der Waals surface area contributed by atoms with E-state index in [0.29, 0.717) is 11.8 Å². The van der Waals surface area contributed by atoms with E-state index >= 15 is 0 Å². The Balaban J connectivity index is 2.37. The summed E-state index contributed by atoms with van der Waals surface area (Å²) in [6.45, 7) is 1.93. The van der Waals surface area contributed by atoms with E-state index in [0.717, 1.165) is 22.8 Å². The van der Waals surface area contributed by atoms with Crippen LogP contribution >= 0.6 is 11.6 Å². The van der Waals surface area contributed by atoms with Crippen molar-refractivity contribution in [3.05, 3.63) is 41.7 Å². The summed E-state index contributed by atoms with van der Waals surface area (Å²) < 4.78 is 5.22. The minimum atomic E-state index is 0.377. The van der Waals surface area contributed by atoms with E-state index in [1.54, 1.807) is 7.11 Å². The predicted octanol–water partition coefficient (Wildman–Crippen LogP) is 3.30. The van der Waals surface area contributed by atoms with E-state index in [2.05, 4.69) is 9.97 Å². The van der Waals surface area contributed by atoms with Crippen molar-refractivity contribution >= 4 is 23.2 Å². The summed E-state index contributed by atoms with van der Waals surface area (Å²) in [5, 5.41) is 0. The fourth-order valence-corrected chi connectivity index (χ4v) is 1.91. The van der Waals surface area contributed by atoms with Gasteiger partial charge in [-0.1, -0.05) is 6.07 Å². The molecule has 0 spiro atoms. The predicted molar refractivity (Wildman–Crippen MR) is 77.4 cm³/mol. The zero-order chi connectivity index (χ0) is 13.8. The van der Waals surface area contributed by atoms with Crippen LogP contribution in [0.3, 0.4) is 0 Å². The number of aromatic nitrogens is 2. The van der Waals surface area contributed by atoms with Gasteiger partial charge in [0, 0.05) is 24.5 Å². The number of hydrogen-bond donors (Lipinski definition) is 0. The number of alkyl halides is 1. The highest BCUT2D eigenvalue weighted by atomic mass is 35.5. The van der Waals surface area contributed by atoms with Crippen molar-refractivity contribution in [1.82, 2.24) is 9.97 Å². The molecule has 0 saturated carbocycles. The number of aryl methyl sites for hydroxylation is 1. The van der Waals surface area contributed by atoms with Crippen LogP contribution in [0.5, 0.6) is 5.75 Å². The van der Waals surface area contributed by atoms with E-state index in [-0.39, 0.29) is 0 Å². The summed E-state index contributed by atoms with van der Waals surface area (Å²) in [5.41, 5.74) is 2.68. The number of hydrogen-bond acceptors (Lipinski definition) is 4. The maximum absolute atomic E-state index is 5.84. The number of ether oxygens (including phenoxy) is 1. The van der Waals surface area contributed by atoms with Gasteiger partial charge in [-0.05, 0) is 25.1 Å². The first-order valence-electron chi connectivity index (χ1n) is 5.92. The Kier molecular flexibility index (Phi) is 4.22. The third-order valence-electron chi connectivity index (χ3n) is 2.77. The van der Waals surface area contributed by atoms with Crippen LogP contribution < -0.4 is 9.64 Å². The van der Waals surface area contributed by atoms with Crippen molar-refractivity contribution in [2.24, 2.45) is 0 Å². The van der Waals surface area contributed by atoms with E-state index in [9.17, 15) is 0 Å². The molecule has 100 valence electrons. The molecule has 0 amide bonds. The molecule has 0 unspecified atom stereocenters. The van der Waals surface area contributed by atoms with Gasteiger partial charge in [0.15, 0.2) is 0 Å². The van der Waals surface area contributed by atoms with Gasteiger partial charge in [0.05, 0.1) is 18.7 Å². The number of halogens is 1. The monoisotopic (exact) mass is 277 g/mol. The summed E-state index contributed by atoms with van der Waals surface area (Å²) in [4.78, 5) is 10.8. The first-order valence-corrected chi connectivity index (χ1v) is 6.46. The van der Waals surface area contributed by atoms with Crippen molar-refractivity contribution in [1.29, 1.82) is 0 Å². The van der Waals surface area contributed by atoms with E-state index in [1.165, 1.54) is 0 Å². The first kappa shape index (κ1) is 13.6. The minimum absolute atomic E-state index is 0.377. The van der Waals surface area contributed by atoms with Crippen LogP contribution in [-0.2, 0) is 5.88 Å². The summed E-state index contributed by atoms with van der Waals surface area (Å²) in [6, 6.07) is 9.64. The normalized spacial score (nSPS) is 10.3. The molecule has 0 fully saturated rings. The summed E-state index contributed by atoms with van der Waals surface area (Å²) in [6.07, 6.45) is 0. The molecule has 1 aromatic carbocycles. The van der Waals surface area contributed by atoms with Crippen LogP contribution in [0.4, 0.5) is 11.6 Å². The van der Waals surface area contributed by atoms with Gasteiger partial charge < -0.3 is 9.64 Å². The average Bonchev–Trinajstić information content (AvgIpc) is 2.45. The molecule has 0 atom stereocenters. The van der Waals surface area contributed by atoms with Gasteiger partial charge in [-0.3, -0.25) is 0 Å². The van der Waals surface area contributed by atoms with Crippen molar-refractivity contribution in [3.63, 3.8) is 0 Å². The molecule has 0 saturated heterocycles. The molecule has 1 heterocycles. The molecule has 4 nitrogen and oxygen atoms in total. The smallest absolute Gasteiger partial charge is 0.230 e. The number of nitrogens with zero attached hydrogens (tertiary/aromatic N) is 3. The quantitative estimate of drug-likeness (QED) is 0.804. The fourth-order valence-electron chi connectivity index (χ4n) is 1.77. The van der Waals surface area contributed by atoms with Gasteiger partial charge in [0.25, 0.3) is 0 Å². The second kappa shape index (κ2) is 5.89. The summed E-state index contributed by atoms with van der Waals surface area (Å²) in [7, 11) is 3.56. The average molecular weight is 278 g/mol. The molecule has 1 aromatic heterocycles. The Bertz CT molecular complexity index is 574. The van der Waals surface area contributed by atoms with Crippen molar-refractivity contribution in [2.75, 3.05) is 19.1 Å². The van der Waals surface area contributed by atoms with Crippen molar-refractivity contribution in [3.8, 4) is 5.75 Å². The third kappa shape index (κ3) is 3.15. The second-order valence-corrected chi connectivity index (χ2v) is 4.46. The number of benzene rings is 1. The highest BCUT2D eigenvalue weighted by Gasteiger charge is 2.09. The van der Waals surface area contributed by atoms with Crippen LogP contribution in [0.2, 0.25) is 0 Å². The Labute approximate surface area is 118 Å². The van der Waals surface area contributed by atoms with Crippen LogP contribution in [0.1, 0.15) is 11.4 Å². The van der Waals surface area contributed by atoms with Gasteiger partial charge in [0.2, 0.25) is 5.95 Å². The highest BCUT2D eigenvalue weighted by molar-refractivity contribution is 6.16. The highest BCUT2D eigenvalue weighted by Crippen LogP contribution is 2.24. The Hall–Kier alpha value is -1.81.